The molecule has 0 aliphatic heterocycles. The normalized spacial score (nSPS) is 10.2. The molecule has 5 heteroatoms. The largest absolute Gasteiger partial charge is 0.494 e. The van der Waals surface area contributed by atoms with Crippen LogP contribution in [0.25, 0.3) is 0 Å². The topological polar surface area (TPSA) is 50.4 Å². The lowest BCUT2D eigenvalue weighted by atomic mass is 10.1. The maximum absolute atomic E-state index is 11.7. The summed E-state index contributed by atoms with van der Waals surface area (Å²) in [6.45, 7) is 5.02. The number of nitrogens with one attached hydrogen (secondary N) is 2. The number of carbonyl (C=O) groups is 1. The van der Waals surface area contributed by atoms with Crippen LogP contribution in [-0.4, -0.2) is 17.6 Å². The van der Waals surface area contributed by atoms with Gasteiger partial charge in [0.15, 0.2) is 5.11 Å². The Bertz CT molecular complexity index is 474. The van der Waals surface area contributed by atoms with Gasteiger partial charge >= 0.3 is 0 Å². The van der Waals surface area contributed by atoms with Gasteiger partial charge in [-0.25, -0.2) is 0 Å². The maximum Gasteiger partial charge on any atom is 0.226 e. The molecule has 0 aliphatic rings. The number of hydrogen-bond donors (Lipinski definition) is 2. The summed E-state index contributed by atoms with van der Waals surface area (Å²) < 4.78 is 5.60. The molecule has 23 heavy (non-hydrogen) atoms. The van der Waals surface area contributed by atoms with Gasteiger partial charge in [0.25, 0.3) is 0 Å². The Morgan fingerprint density at radius 3 is 2.39 bits per heavy atom. The molecule has 1 rings (SSSR count). The second-order valence-electron chi connectivity index (χ2n) is 5.54. The lowest BCUT2D eigenvalue weighted by molar-refractivity contribution is -0.119. The zero-order chi connectivity index (χ0) is 16.9. The van der Waals surface area contributed by atoms with E-state index in [1.54, 1.807) is 0 Å². The van der Waals surface area contributed by atoms with Crippen molar-refractivity contribution < 1.29 is 9.53 Å². The summed E-state index contributed by atoms with van der Waals surface area (Å²) in [5, 5.41) is 6.06. The molecule has 0 spiro atoms. The van der Waals surface area contributed by atoms with Crippen LogP contribution in [0.4, 0.5) is 5.69 Å². The minimum Gasteiger partial charge on any atom is -0.494 e. The van der Waals surface area contributed by atoms with Gasteiger partial charge in [0.1, 0.15) is 5.75 Å². The molecule has 0 saturated heterocycles. The van der Waals surface area contributed by atoms with Crippen molar-refractivity contribution in [2.24, 2.45) is 0 Å². The summed E-state index contributed by atoms with van der Waals surface area (Å²) in [5.74, 6) is 0.813. The zero-order valence-electron chi connectivity index (χ0n) is 14.2. The Hall–Kier alpha value is -1.62. The predicted octanol–water partition coefficient (Wildman–Crippen LogP) is 4.65. The highest BCUT2D eigenvalue weighted by molar-refractivity contribution is 7.80. The van der Waals surface area contributed by atoms with Gasteiger partial charge in [0.05, 0.1) is 6.61 Å². The van der Waals surface area contributed by atoms with Gasteiger partial charge in [0.2, 0.25) is 5.91 Å². The molecule has 0 saturated carbocycles. The fourth-order valence-corrected chi connectivity index (χ4v) is 2.26. The van der Waals surface area contributed by atoms with Crippen molar-refractivity contribution >= 4 is 28.9 Å². The Kier molecular flexibility index (Phi) is 10.0. The number of anilines is 1. The van der Waals surface area contributed by atoms with E-state index in [2.05, 4.69) is 24.5 Å². The molecule has 0 unspecified atom stereocenters. The quantitative estimate of drug-likeness (QED) is 0.482. The van der Waals surface area contributed by atoms with Crippen LogP contribution in [0.15, 0.2) is 24.3 Å². The second-order valence-corrected chi connectivity index (χ2v) is 5.95. The first-order chi connectivity index (χ1) is 11.2. The summed E-state index contributed by atoms with van der Waals surface area (Å²) in [6.07, 6.45) is 7.02. The van der Waals surface area contributed by atoms with Crippen LogP contribution in [0.1, 0.15) is 58.8 Å². The average Bonchev–Trinajstić information content (AvgIpc) is 2.53. The minimum atomic E-state index is -0.0295. The van der Waals surface area contributed by atoms with Crippen LogP contribution in [-0.2, 0) is 4.79 Å². The second kappa shape index (κ2) is 11.9. The third-order valence-electron chi connectivity index (χ3n) is 3.39. The highest BCUT2D eigenvalue weighted by Gasteiger charge is 2.05. The molecule has 0 aromatic heterocycles. The lowest BCUT2D eigenvalue weighted by Gasteiger charge is -2.10. The number of unbranched alkanes of at least 4 members (excludes halogenated alkanes) is 4. The fraction of sp³-hybridized carbons (Fsp3) is 0.556. The molecular formula is C18H28N2O2S. The Morgan fingerprint density at radius 2 is 1.74 bits per heavy atom. The number of ether oxygens (including phenoxy) is 1. The van der Waals surface area contributed by atoms with Crippen LogP contribution in [0, 0.1) is 0 Å². The van der Waals surface area contributed by atoms with Crippen molar-refractivity contribution in [1.82, 2.24) is 5.32 Å². The van der Waals surface area contributed by atoms with E-state index in [4.69, 9.17) is 17.0 Å². The monoisotopic (exact) mass is 336 g/mol. The standard InChI is InChI=1S/C18H28N2O2S/c1-3-5-7-8-9-17(21)20-18(23)19-15-10-12-16(13-11-15)22-14-6-4-2/h10-13H,3-9,14H2,1-2H3,(H2,19,20,21,23). The van der Waals surface area contributed by atoms with E-state index in [1.807, 2.05) is 24.3 Å². The third-order valence-corrected chi connectivity index (χ3v) is 3.59. The lowest BCUT2D eigenvalue weighted by Crippen LogP contribution is -2.33. The molecule has 0 radical (unpaired) electrons. The molecule has 1 aromatic rings. The van der Waals surface area contributed by atoms with E-state index in [9.17, 15) is 4.79 Å². The molecule has 0 bridgehead atoms. The minimum absolute atomic E-state index is 0.0295. The van der Waals surface area contributed by atoms with Gasteiger partial charge in [-0.3, -0.25) is 4.79 Å². The van der Waals surface area contributed by atoms with E-state index in [0.717, 1.165) is 43.7 Å². The van der Waals surface area contributed by atoms with Crippen molar-refractivity contribution in [2.45, 2.75) is 58.8 Å². The van der Waals surface area contributed by atoms with E-state index >= 15 is 0 Å². The molecular weight excluding hydrogens is 308 g/mol. The molecule has 2 N–H and O–H groups in total. The molecule has 0 aliphatic carbocycles. The summed E-state index contributed by atoms with van der Waals surface area (Å²) in [6, 6.07) is 7.57. The van der Waals surface area contributed by atoms with Crippen molar-refractivity contribution in [2.75, 3.05) is 11.9 Å². The Balaban J connectivity index is 2.29. The van der Waals surface area contributed by atoms with Gasteiger partial charge < -0.3 is 15.4 Å². The highest BCUT2D eigenvalue weighted by Crippen LogP contribution is 2.16. The van der Waals surface area contributed by atoms with E-state index < -0.39 is 0 Å². The highest BCUT2D eigenvalue weighted by atomic mass is 32.1. The summed E-state index contributed by atoms with van der Waals surface area (Å²) >= 11 is 5.16. The summed E-state index contributed by atoms with van der Waals surface area (Å²) in [7, 11) is 0. The average molecular weight is 337 g/mol. The molecule has 0 heterocycles. The summed E-state index contributed by atoms with van der Waals surface area (Å²) in [5.41, 5.74) is 0.837. The molecule has 1 aromatic carbocycles. The van der Waals surface area contributed by atoms with E-state index in [-0.39, 0.29) is 5.91 Å². The molecule has 0 atom stereocenters. The molecule has 0 fully saturated rings. The van der Waals surface area contributed by atoms with E-state index in [0.29, 0.717) is 11.5 Å². The predicted molar refractivity (Wildman–Crippen MR) is 100.0 cm³/mol. The van der Waals surface area contributed by atoms with Crippen LogP contribution in [0.5, 0.6) is 5.75 Å². The van der Waals surface area contributed by atoms with Crippen LogP contribution in [0.3, 0.4) is 0 Å². The summed E-state index contributed by atoms with van der Waals surface area (Å²) in [4.78, 5) is 11.7. The zero-order valence-corrected chi connectivity index (χ0v) is 15.0. The number of carbonyl (C=O) groups excluding carboxylic acids is 1. The number of benzene rings is 1. The van der Waals surface area contributed by atoms with Crippen molar-refractivity contribution in [3.8, 4) is 5.75 Å². The number of thiocarbonyl (C=S) groups is 1. The van der Waals surface area contributed by atoms with Gasteiger partial charge in [-0.15, -0.1) is 0 Å². The van der Waals surface area contributed by atoms with Crippen molar-refractivity contribution in [3.63, 3.8) is 0 Å². The Labute approximate surface area is 145 Å². The van der Waals surface area contributed by atoms with Gasteiger partial charge in [-0.05, 0) is 49.3 Å². The van der Waals surface area contributed by atoms with Crippen molar-refractivity contribution in [1.29, 1.82) is 0 Å². The van der Waals surface area contributed by atoms with Gasteiger partial charge in [-0.1, -0.05) is 39.5 Å². The first-order valence-electron chi connectivity index (χ1n) is 8.49. The van der Waals surface area contributed by atoms with E-state index in [1.165, 1.54) is 12.8 Å². The number of amides is 1. The Morgan fingerprint density at radius 1 is 1.04 bits per heavy atom. The third kappa shape index (κ3) is 9.18. The molecule has 4 nitrogen and oxygen atoms in total. The van der Waals surface area contributed by atoms with Crippen molar-refractivity contribution in [3.05, 3.63) is 24.3 Å². The first kappa shape index (κ1) is 19.4. The number of rotatable bonds is 10. The molecule has 1 amide bonds. The smallest absolute Gasteiger partial charge is 0.226 e. The SMILES string of the molecule is CCCCCCC(=O)NC(=S)Nc1ccc(OCCCC)cc1. The maximum atomic E-state index is 11.7. The fourth-order valence-electron chi connectivity index (χ4n) is 2.03. The van der Waals surface area contributed by atoms with Gasteiger partial charge in [-0.2, -0.15) is 0 Å². The number of hydrogen-bond acceptors (Lipinski definition) is 3. The van der Waals surface area contributed by atoms with Crippen LogP contribution >= 0.6 is 12.2 Å². The first-order valence-corrected chi connectivity index (χ1v) is 8.90. The van der Waals surface area contributed by atoms with Gasteiger partial charge in [0, 0.05) is 12.1 Å². The van der Waals surface area contributed by atoms with Crippen LogP contribution in [0.2, 0.25) is 0 Å². The van der Waals surface area contributed by atoms with Crippen LogP contribution < -0.4 is 15.4 Å². The molecule has 128 valence electrons.